The van der Waals surface area contributed by atoms with Gasteiger partial charge in [0.05, 0.1) is 29.2 Å². The van der Waals surface area contributed by atoms with Gasteiger partial charge in [-0.15, -0.1) is 11.3 Å². The number of methoxy groups -OCH3 is 1. The van der Waals surface area contributed by atoms with Crippen molar-refractivity contribution in [2.45, 2.75) is 6.92 Å². The Bertz CT molecular complexity index is 997. The summed E-state index contributed by atoms with van der Waals surface area (Å²) in [5, 5.41) is 23.0. The topological polar surface area (TPSA) is 103 Å². The number of thiophene rings is 1. The van der Waals surface area contributed by atoms with Gasteiger partial charge in [0, 0.05) is 41.5 Å². The molecule has 0 bridgehead atoms. The molecule has 0 spiro atoms. The predicted molar refractivity (Wildman–Crippen MR) is 105 cm³/mol. The molecule has 3 rings (SSSR count). The van der Waals surface area contributed by atoms with Gasteiger partial charge in [0.1, 0.15) is 11.5 Å². The van der Waals surface area contributed by atoms with Crippen LogP contribution in [0.25, 0.3) is 21.3 Å². The molecule has 2 heterocycles. The van der Waals surface area contributed by atoms with Crippen molar-refractivity contribution in [2.75, 3.05) is 19.5 Å². The van der Waals surface area contributed by atoms with Crippen LogP contribution >= 0.6 is 11.3 Å². The van der Waals surface area contributed by atoms with E-state index in [0.29, 0.717) is 17.4 Å². The maximum absolute atomic E-state index is 9.72. The van der Waals surface area contributed by atoms with E-state index in [2.05, 4.69) is 20.6 Å². The van der Waals surface area contributed by atoms with Crippen LogP contribution in [0.3, 0.4) is 0 Å². The van der Waals surface area contributed by atoms with Crippen LogP contribution in [-0.4, -0.2) is 35.4 Å². The molecule has 0 fully saturated rings. The highest BCUT2D eigenvalue weighted by Crippen LogP contribution is 2.42. The van der Waals surface area contributed by atoms with E-state index >= 15 is 0 Å². The second kappa shape index (κ2) is 7.40. The minimum Gasteiger partial charge on any atom is -0.508 e. The summed E-state index contributed by atoms with van der Waals surface area (Å²) in [6, 6.07) is 5.03. The monoisotopic (exact) mass is 369 g/mol. The Kier molecular flexibility index (Phi) is 5.04. The van der Waals surface area contributed by atoms with Crippen molar-refractivity contribution in [3.8, 4) is 22.6 Å². The first-order valence-electron chi connectivity index (χ1n) is 7.85. The zero-order valence-electron chi connectivity index (χ0n) is 14.6. The number of phenolic OH excluding ortho intramolecular Hbond substituents is 1. The van der Waals surface area contributed by atoms with E-state index in [9.17, 15) is 5.11 Å². The van der Waals surface area contributed by atoms with Crippen molar-refractivity contribution < 1.29 is 9.84 Å². The maximum atomic E-state index is 9.72. The number of aryl methyl sites for hydroxylation is 1. The van der Waals surface area contributed by atoms with Gasteiger partial charge in [0.15, 0.2) is 0 Å². The summed E-state index contributed by atoms with van der Waals surface area (Å²) < 4.78 is 6.39. The standard InChI is InChI=1S/C18H19N5O2S/c1-10-16(13-5-4-12(24)6-14(13)25-3)17-15(26-10)9-21-18(23-17)22-11(7-19)8-20-2/h4-9,19-20,24H,1-3H3,(H,21,22,23)/b11-8+,19-7?. The van der Waals surface area contributed by atoms with Gasteiger partial charge in [-0.25, -0.2) is 9.97 Å². The second-order valence-electron chi connectivity index (χ2n) is 5.48. The Hall–Kier alpha value is -3.13. The quantitative estimate of drug-likeness (QED) is 0.496. The fourth-order valence-electron chi connectivity index (χ4n) is 2.67. The van der Waals surface area contributed by atoms with E-state index in [1.54, 1.807) is 50.0 Å². The minimum atomic E-state index is 0.146. The van der Waals surface area contributed by atoms with Crippen molar-refractivity contribution in [1.82, 2.24) is 15.3 Å². The summed E-state index contributed by atoms with van der Waals surface area (Å²) >= 11 is 1.60. The molecule has 0 saturated heterocycles. The number of hydrogen-bond acceptors (Lipinski definition) is 8. The molecule has 3 aromatic rings. The number of aromatic hydroxyl groups is 1. The molecular formula is C18H19N5O2S. The summed E-state index contributed by atoms with van der Waals surface area (Å²) in [5.41, 5.74) is 3.14. The summed E-state index contributed by atoms with van der Waals surface area (Å²) in [6.07, 6.45) is 4.61. The fourth-order valence-corrected chi connectivity index (χ4v) is 3.66. The van der Waals surface area contributed by atoms with Gasteiger partial charge in [-0.05, 0) is 19.1 Å². The molecule has 0 atom stereocenters. The Morgan fingerprint density at radius 3 is 2.88 bits per heavy atom. The first-order valence-corrected chi connectivity index (χ1v) is 8.67. The lowest BCUT2D eigenvalue weighted by molar-refractivity contribution is 0.409. The van der Waals surface area contributed by atoms with Crippen molar-refractivity contribution in [1.29, 1.82) is 5.41 Å². The minimum absolute atomic E-state index is 0.146. The smallest absolute Gasteiger partial charge is 0.227 e. The molecule has 4 N–H and O–H groups in total. The highest BCUT2D eigenvalue weighted by atomic mass is 32.1. The maximum Gasteiger partial charge on any atom is 0.227 e. The highest BCUT2D eigenvalue weighted by molar-refractivity contribution is 7.19. The molecule has 1 aromatic carbocycles. The largest absolute Gasteiger partial charge is 0.508 e. The van der Waals surface area contributed by atoms with Crippen molar-refractivity contribution in [3.05, 3.63) is 41.2 Å². The van der Waals surface area contributed by atoms with E-state index < -0.39 is 0 Å². The van der Waals surface area contributed by atoms with E-state index in [1.807, 2.05) is 13.0 Å². The van der Waals surface area contributed by atoms with E-state index in [1.165, 1.54) is 6.21 Å². The Labute approximate surface area is 154 Å². The van der Waals surface area contributed by atoms with Crippen molar-refractivity contribution >= 4 is 33.7 Å². The summed E-state index contributed by atoms with van der Waals surface area (Å²) in [6.45, 7) is 2.02. The van der Waals surface area contributed by atoms with Crippen LogP contribution in [0.4, 0.5) is 5.95 Å². The number of nitrogens with zero attached hydrogens (tertiary/aromatic N) is 2. The molecule has 134 valence electrons. The summed E-state index contributed by atoms with van der Waals surface area (Å²) in [7, 11) is 3.33. The predicted octanol–water partition coefficient (Wildman–Crippen LogP) is 3.50. The normalized spacial score (nSPS) is 11.4. The first-order chi connectivity index (χ1) is 12.6. The molecule has 8 heteroatoms. The van der Waals surface area contributed by atoms with Crippen LogP contribution in [0.2, 0.25) is 0 Å². The average Bonchev–Trinajstić information content (AvgIpc) is 2.96. The van der Waals surface area contributed by atoms with Crippen LogP contribution in [0.15, 0.2) is 36.3 Å². The molecule has 2 aromatic heterocycles. The molecule has 26 heavy (non-hydrogen) atoms. The van der Waals surface area contributed by atoms with Gasteiger partial charge < -0.3 is 25.9 Å². The average molecular weight is 369 g/mol. The summed E-state index contributed by atoms with van der Waals surface area (Å²) in [4.78, 5) is 10.0. The Morgan fingerprint density at radius 1 is 1.38 bits per heavy atom. The first kappa shape index (κ1) is 17.7. The molecular weight excluding hydrogens is 350 g/mol. The highest BCUT2D eigenvalue weighted by Gasteiger charge is 2.18. The lowest BCUT2D eigenvalue weighted by Gasteiger charge is -2.10. The molecule has 0 aliphatic carbocycles. The number of allylic oxidation sites excluding steroid dienone is 1. The second-order valence-corrected chi connectivity index (χ2v) is 6.74. The SMILES string of the molecule is CN/C=C(\C=N)Nc1ncc2sc(C)c(-c3ccc(O)cc3OC)c2n1. The third-order valence-corrected chi connectivity index (χ3v) is 4.80. The lowest BCUT2D eigenvalue weighted by atomic mass is 10.0. The van der Waals surface area contributed by atoms with Crippen LogP contribution < -0.4 is 15.4 Å². The Balaban J connectivity index is 2.14. The van der Waals surface area contributed by atoms with Gasteiger partial charge in [0.25, 0.3) is 0 Å². The van der Waals surface area contributed by atoms with E-state index in [0.717, 1.165) is 26.2 Å². The number of hydrogen-bond donors (Lipinski definition) is 4. The molecule has 0 unspecified atom stereocenters. The third kappa shape index (κ3) is 3.31. The van der Waals surface area contributed by atoms with E-state index in [-0.39, 0.29) is 5.75 Å². The zero-order chi connectivity index (χ0) is 18.7. The van der Waals surface area contributed by atoms with Crippen LogP contribution in [-0.2, 0) is 0 Å². The molecule has 0 aliphatic heterocycles. The van der Waals surface area contributed by atoms with Crippen molar-refractivity contribution in [3.63, 3.8) is 0 Å². The van der Waals surface area contributed by atoms with E-state index in [4.69, 9.17) is 10.1 Å². The number of nitrogens with one attached hydrogen (secondary N) is 3. The molecule has 0 aliphatic rings. The van der Waals surface area contributed by atoms with Gasteiger partial charge >= 0.3 is 0 Å². The Morgan fingerprint density at radius 2 is 2.19 bits per heavy atom. The number of phenols is 1. The van der Waals surface area contributed by atoms with Gasteiger partial charge in [-0.1, -0.05) is 0 Å². The number of aromatic nitrogens is 2. The molecule has 0 saturated carbocycles. The van der Waals surface area contributed by atoms with Crippen LogP contribution in [0.1, 0.15) is 4.88 Å². The van der Waals surface area contributed by atoms with Gasteiger partial charge in [-0.3, -0.25) is 0 Å². The number of ether oxygens (including phenoxy) is 1. The zero-order valence-corrected chi connectivity index (χ0v) is 15.4. The lowest BCUT2D eigenvalue weighted by Crippen LogP contribution is -2.08. The van der Waals surface area contributed by atoms with Crippen LogP contribution in [0.5, 0.6) is 11.5 Å². The molecule has 0 radical (unpaired) electrons. The number of fused-ring (bicyclic) bond motifs is 1. The fraction of sp³-hybridized carbons (Fsp3) is 0.167. The summed E-state index contributed by atoms with van der Waals surface area (Å²) in [5.74, 6) is 1.13. The van der Waals surface area contributed by atoms with Crippen molar-refractivity contribution in [2.24, 2.45) is 0 Å². The van der Waals surface area contributed by atoms with Gasteiger partial charge in [0.2, 0.25) is 5.95 Å². The number of benzene rings is 1. The van der Waals surface area contributed by atoms with Gasteiger partial charge in [-0.2, -0.15) is 0 Å². The molecule has 0 amide bonds. The third-order valence-electron chi connectivity index (χ3n) is 3.77. The number of rotatable bonds is 6. The molecule has 7 nitrogen and oxygen atoms in total. The van der Waals surface area contributed by atoms with Crippen LogP contribution in [0, 0.1) is 12.3 Å². The number of anilines is 1.